The van der Waals surface area contributed by atoms with Crippen LogP contribution in [0.25, 0.3) is 0 Å². The molecule has 2 saturated heterocycles. The van der Waals surface area contributed by atoms with Crippen LogP contribution in [0, 0.1) is 0 Å². The lowest BCUT2D eigenvalue weighted by molar-refractivity contribution is -0.135. The highest BCUT2D eigenvalue weighted by atomic mass is 16.6. The number of ether oxygens (including phenoxy) is 1. The van der Waals surface area contributed by atoms with Gasteiger partial charge < -0.3 is 9.64 Å². The van der Waals surface area contributed by atoms with Crippen LogP contribution in [0.4, 0.5) is 4.79 Å². The number of carbonyl (C=O) groups excluding carboxylic acids is 3. The minimum Gasteiger partial charge on any atom is -0.371 e. The number of epoxide rings is 1. The van der Waals surface area contributed by atoms with E-state index in [4.69, 9.17) is 4.74 Å². The van der Waals surface area contributed by atoms with Crippen molar-refractivity contribution in [1.29, 1.82) is 0 Å². The highest BCUT2D eigenvalue weighted by molar-refractivity contribution is 6.17. The molecule has 80 valence electrons. The first-order valence-corrected chi connectivity index (χ1v) is 4.53. The summed E-state index contributed by atoms with van der Waals surface area (Å²) in [5.41, 5.74) is 0. The van der Waals surface area contributed by atoms with E-state index < -0.39 is 17.8 Å². The molecule has 0 radical (unpaired) electrons. The third kappa shape index (κ3) is 1.75. The van der Waals surface area contributed by atoms with Crippen molar-refractivity contribution in [3.8, 4) is 0 Å². The molecule has 1 atom stereocenters. The van der Waals surface area contributed by atoms with E-state index in [-0.39, 0.29) is 12.6 Å². The molecule has 6 nitrogen and oxygen atoms in total. The van der Waals surface area contributed by atoms with E-state index >= 15 is 0 Å². The van der Waals surface area contributed by atoms with Gasteiger partial charge in [-0.15, -0.1) is 0 Å². The second kappa shape index (κ2) is 3.47. The molecule has 0 aliphatic carbocycles. The van der Waals surface area contributed by atoms with Crippen molar-refractivity contribution >= 4 is 17.8 Å². The summed E-state index contributed by atoms with van der Waals surface area (Å²) in [6.45, 7) is 4.15. The van der Waals surface area contributed by atoms with Gasteiger partial charge in [0.05, 0.1) is 19.3 Å². The lowest BCUT2D eigenvalue weighted by Gasteiger charge is -2.13. The van der Waals surface area contributed by atoms with Crippen LogP contribution in [0.2, 0.25) is 0 Å². The highest BCUT2D eigenvalue weighted by Gasteiger charge is 2.41. The van der Waals surface area contributed by atoms with Gasteiger partial charge in [-0.05, 0) is 6.08 Å². The maximum absolute atomic E-state index is 11.6. The molecule has 0 spiro atoms. The van der Waals surface area contributed by atoms with Crippen molar-refractivity contribution in [2.75, 3.05) is 19.7 Å². The topological polar surface area (TPSA) is 70.2 Å². The first-order valence-electron chi connectivity index (χ1n) is 4.53. The quantitative estimate of drug-likeness (QED) is 0.353. The normalized spacial score (nSPS) is 24.7. The van der Waals surface area contributed by atoms with E-state index in [9.17, 15) is 14.4 Å². The first kappa shape index (κ1) is 9.85. The number of hydrogen-bond acceptors (Lipinski definition) is 4. The standard InChI is InChI=1S/C9H10N2O4/c1-2-7(12)11-8(13)4-10(9(11)14)3-6-5-15-6/h2,6H,1,3-5H2. The number of amides is 4. The second-order valence-electron chi connectivity index (χ2n) is 3.39. The van der Waals surface area contributed by atoms with E-state index in [2.05, 4.69) is 6.58 Å². The molecule has 0 saturated carbocycles. The zero-order valence-corrected chi connectivity index (χ0v) is 8.01. The average molecular weight is 210 g/mol. The molecule has 2 aliphatic rings. The average Bonchev–Trinajstić information content (AvgIpc) is 2.95. The van der Waals surface area contributed by atoms with E-state index in [0.717, 1.165) is 6.08 Å². The third-order valence-corrected chi connectivity index (χ3v) is 2.26. The Bertz CT molecular complexity index is 348. The smallest absolute Gasteiger partial charge is 0.334 e. The maximum atomic E-state index is 11.6. The number of rotatable bonds is 3. The van der Waals surface area contributed by atoms with Gasteiger partial charge in [0.1, 0.15) is 6.54 Å². The van der Waals surface area contributed by atoms with Crippen LogP contribution in [0.1, 0.15) is 0 Å². The molecular formula is C9H10N2O4. The Morgan fingerprint density at radius 3 is 2.80 bits per heavy atom. The predicted molar refractivity (Wildman–Crippen MR) is 48.8 cm³/mol. The van der Waals surface area contributed by atoms with Crippen LogP contribution in [0.5, 0.6) is 0 Å². The summed E-state index contributed by atoms with van der Waals surface area (Å²) < 4.78 is 4.95. The van der Waals surface area contributed by atoms with Gasteiger partial charge in [-0.2, -0.15) is 4.90 Å². The molecule has 4 amide bonds. The van der Waals surface area contributed by atoms with Crippen molar-refractivity contribution in [2.24, 2.45) is 0 Å². The predicted octanol–water partition coefficient (Wildman–Crippen LogP) is -0.638. The molecule has 0 aromatic heterocycles. The summed E-state index contributed by atoms with van der Waals surface area (Å²) in [5.74, 6) is -1.19. The van der Waals surface area contributed by atoms with Crippen molar-refractivity contribution in [1.82, 2.24) is 9.80 Å². The van der Waals surface area contributed by atoms with Crippen LogP contribution >= 0.6 is 0 Å². The largest absolute Gasteiger partial charge is 0.371 e. The summed E-state index contributed by atoms with van der Waals surface area (Å²) in [7, 11) is 0. The van der Waals surface area contributed by atoms with Gasteiger partial charge in [0.25, 0.3) is 11.8 Å². The van der Waals surface area contributed by atoms with Gasteiger partial charge in [-0.1, -0.05) is 6.58 Å². The number of nitrogens with zero attached hydrogens (tertiary/aromatic N) is 2. The van der Waals surface area contributed by atoms with E-state index in [1.807, 2.05) is 0 Å². The minimum absolute atomic E-state index is 0.0144. The van der Waals surface area contributed by atoms with Crippen molar-refractivity contribution in [2.45, 2.75) is 6.10 Å². The summed E-state index contributed by atoms with van der Waals surface area (Å²) >= 11 is 0. The van der Waals surface area contributed by atoms with Crippen LogP contribution < -0.4 is 0 Å². The van der Waals surface area contributed by atoms with Gasteiger partial charge in [0.15, 0.2) is 0 Å². The Balaban J connectivity index is 2.07. The number of imide groups is 3. The zero-order chi connectivity index (χ0) is 11.0. The Morgan fingerprint density at radius 2 is 2.27 bits per heavy atom. The summed E-state index contributed by atoms with van der Waals surface area (Å²) in [6.07, 6.45) is 0.966. The Labute approximate surface area is 86.1 Å². The van der Waals surface area contributed by atoms with E-state index in [1.54, 1.807) is 0 Å². The Kier molecular flexibility index (Phi) is 2.28. The molecule has 2 fully saturated rings. The molecule has 0 bridgehead atoms. The van der Waals surface area contributed by atoms with Crippen LogP contribution in [0.15, 0.2) is 12.7 Å². The second-order valence-corrected chi connectivity index (χ2v) is 3.39. The number of hydrogen-bond donors (Lipinski definition) is 0. The van der Waals surface area contributed by atoms with Crippen LogP contribution in [-0.2, 0) is 14.3 Å². The Hall–Kier alpha value is -1.69. The monoisotopic (exact) mass is 210 g/mol. The van der Waals surface area contributed by atoms with E-state index in [0.29, 0.717) is 18.1 Å². The van der Waals surface area contributed by atoms with E-state index in [1.165, 1.54) is 4.90 Å². The minimum atomic E-state index is -0.677. The molecule has 2 heterocycles. The molecule has 1 unspecified atom stereocenters. The SMILES string of the molecule is C=CC(=O)N1C(=O)CN(CC2CO2)C1=O. The summed E-state index contributed by atoms with van der Waals surface area (Å²) in [4.78, 5) is 36.0. The van der Waals surface area contributed by atoms with Crippen molar-refractivity contribution < 1.29 is 19.1 Å². The fraction of sp³-hybridized carbons (Fsp3) is 0.444. The van der Waals surface area contributed by atoms with Gasteiger partial charge in [0.2, 0.25) is 0 Å². The zero-order valence-electron chi connectivity index (χ0n) is 8.01. The first-order chi connectivity index (χ1) is 7.13. The van der Waals surface area contributed by atoms with Gasteiger partial charge >= 0.3 is 6.03 Å². The number of carbonyl (C=O) groups is 3. The fourth-order valence-corrected chi connectivity index (χ4v) is 1.42. The molecule has 15 heavy (non-hydrogen) atoms. The maximum Gasteiger partial charge on any atom is 0.334 e. The van der Waals surface area contributed by atoms with Crippen molar-refractivity contribution in [3.05, 3.63) is 12.7 Å². The lowest BCUT2D eigenvalue weighted by Crippen LogP contribution is -2.38. The molecule has 6 heteroatoms. The number of urea groups is 1. The van der Waals surface area contributed by atoms with Gasteiger partial charge in [0, 0.05) is 0 Å². The molecule has 0 N–H and O–H groups in total. The fourth-order valence-electron chi connectivity index (χ4n) is 1.42. The highest BCUT2D eigenvalue weighted by Crippen LogP contribution is 2.16. The molecule has 2 rings (SSSR count). The molecular weight excluding hydrogens is 200 g/mol. The molecule has 0 aromatic rings. The van der Waals surface area contributed by atoms with Crippen LogP contribution in [0.3, 0.4) is 0 Å². The molecule has 0 aromatic carbocycles. The van der Waals surface area contributed by atoms with Gasteiger partial charge in [-0.25, -0.2) is 4.79 Å². The third-order valence-electron chi connectivity index (χ3n) is 2.26. The summed E-state index contributed by atoms with van der Waals surface area (Å²) in [6, 6.07) is -0.583. The van der Waals surface area contributed by atoms with Crippen LogP contribution in [-0.4, -0.2) is 53.4 Å². The lowest BCUT2D eigenvalue weighted by atomic mass is 10.4. The summed E-state index contributed by atoms with van der Waals surface area (Å²) in [5, 5.41) is 0. The Morgan fingerprint density at radius 1 is 1.60 bits per heavy atom. The molecule has 2 aliphatic heterocycles. The van der Waals surface area contributed by atoms with Crippen molar-refractivity contribution in [3.63, 3.8) is 0 Å². The van der Waals surface area contributed by atoms with Gasteiger partial charge in [-0.3, -0.25) is 9.59 Å².